The Morgan fingerprint density at radius 2 is 1.96 bits per heavy atom. The summed E-state index contributed by atoms with van der Waals surface area (Å²) in [7, 11) is -14.1. The maximum Gasteiger partial charge on any atom is 0.490 e. The first-order valence-corrected chi connectivity index (χ1v) is 19.7. The van der Waals surface area contributed by atoms with E-state index in [2.05, 4.69) is 29.3 Å². The van der Waals surface area contributed by atoms with Crippen LogP contribution in [-0.2, 0) is 41.1 Å². The van der Waals surface area contributed by atoms with Crippen LogP contribution in [0.1, 0.15) is 40.0 Å². The highest BCUT2D eigenvalue weighted by molar-refractivity contribution is 8.77. The standard InChI is InChI=1S/C19H35N6O15P3S2/c1-12-8-25(18(28)23-17(12)27)16-7-13(14(38-16)9-37-42(32,33)40-43(34,35)39-41(29,30)31)36-11-44-45-19(2,3)10-21-15(26)5-4-6-22-24-20/h8,13-14,16-17,27H,4-7,9-11H2,1-3H3,(H,21,26)(H,23,28)(H,32,33)(H,34,35)(H2,29,30,31)/t13?,14-,16-,17?/m1/s1. The first-order chi connectivity index (χ1) is 20.7. The Morgan fingerprint density at radius 1 is 1.27 bits per heavy atom. The minimum absolute atomic E-state index is 0.0121. The fourth-order valence-corrected chi connectivity index (χ4v) is 8.82. The highest BCUT2D eigenvalue weighted by Gasteiger charge is 2.45. The van der Waals surface area contributed by atoms with Crippen LogP contribution < -0.4 is 10.6 Å². The quantitative estimate of drug-likeness (QED) is 0.0190. The van der Waals surface area contributed by atoms with Gasteiger partial charge in [0.15, 0.2) is 6.23 Å². The molecule has 4 unspecified atom stereocenters. The Hall–Kier alpha value is -1.22. The summed E-state index contributed by atoms with van der Waals surface area (Å²) in [5, 5.41) is 18.3. The van der Waals surface area contributed by atoms with Gasteiger partial charge in [-0.1, -0.05) is 26.7 Å². The lowest BCUT2D eigenvalue weighted by atomic mass is 10.1. The molecule has 2 aliphatic heterocycles. The summed E-state index contributed by atoms with van der Waals surface area (Å²) < 4.78 is 58.1. The summed E-state index contributed by atoms with van der Waals surface area (Å²) in [4.78, 5) is 64.8. The van der Waals surface area contributed by atoms with Crippen LogP contribution in [0.4, 0.5) is 4.79 Å². The predicted octanol–water partition coefficient (Wildman–Crippen LogP) is 2.40. The molecule has 0 saturated carbocycles. The second-order valence-electron chi connectivity index (χ2n) is 10.0. The molecule has 2 rings (SSSR count). The first kappa shape index (κ1) is 40.0. The Bertz CT molecular complexity index is 1280. The Kier molecular flexibility index (Phi) is 15.3. The molecule has 0 bridgehead atoms. The molecule has 0 radical (unpaired) electrons. The van der Waals surface area contributed by atoms with Gasteiger partial charge in [0.2, 0.25) is 5.91 Å². The molecule has 0 aromatic carbocycles. The lowest BCUT2D eigenvalue weighted by Gasteiger charge is -2.32. The molecule has 0 aromatic rings. The number of urea groups is 1. The minimum Gasteiger partial charge on any atom is -0.370 e. The normalized spacial score (nSPS) is 25.0. The maximum atomic E-state index is 12.5. The summed E-state index contributed by atoms with van der Waals surface area (Å²) >= 11 is 0. The fourth-order valence-electron chi connectivity index (χ4n) is 3.62. The Labute approximate surface area is 265 Å². The van der Waals surface area contributed by atoms with E-state index < -0.39 is 65.5 Å². The number of amides is 3. The molecule has 1 fully saturated rings. The third kappa shape index (κ3) is 15.0. The SMILES string of the molecule is CC1=CN([C@H]2CC(OCSSC(C)(C)CNC(=O)CCCN=[N+]=[N-])[C@@H](COP(=O)(O)OP(=O)(O)OP(=O)(O)O)O2)C(=O)NC1O. The number of aliphatic hydroxyl groups excluding tert-OH is 1. The molecule has 0 spiro atoms. The van der Waals surface area contributed by atoms with Gasteiger partial charge >= 0.3 is 29.5 Å². The van der Waals surface area contributed by atoms with E-state index in [0.29, 0.717) is 18.5 Å². The summed E-state index contributed by atoms with van der Waals surface area (Å²) in [6, 6.07) is -0.711. The number of ether oxygens (including phenoxy) is 2. The zero-order valence-corrected chi connectivity index (χ0v) is 28.4. The van der Waals surface area contributed by atoms with Crippen LogP contribution in [0.5, 0.6) is 0 Å². The van der Waals surface area contributed by atoms with Gasteiger partial charge < -0.3 is 44.8 Å². The van der Waals surface area contributed by atoms with Crippen LogP contribution in [0.15, 0.2) is 16.9 Å². The summed E-state index contributed by atoms with van der Waals surface area (Å²) in [6.45, 7) is 5.02. The van der Waals surface area contributed by atoms with Crippen LogP contribution in [0.25, 0.3) is 10.4 Å². The van der Waals surface area contributed by atoms with E-state index >= 15 is 0 Å². The van der Waals surface area contributed by atoms with Crippen LogP contribution >= 0.6 is 45.1 Å². The number of nitrogens with one attached hydrogen (secondary N) is 2. The van der Waals surface area contributed by atoms with Crippen molar-refractivity contribution in [3.8, 4) is 0 Å². The number of carbonyl (C=O) groups excluding carboxylic acids is 2. The molecule has 0 aromatic heterocycles. The average molecular weight is 745 g/mol. The van der Waals surface area contributed by atoms with Crippen molar-refractivity contribution in [2.75, 3.05) is 25.6 Å². The smallest absolute Gasteiger partial charge is 0.370 e. The number of aliphatic hydroxyl groups is 1. The average Bonchev–Trinajstić information content (AvgIpc) is 3.29. The zero-order chi connectivity index (χ0) is 34.1. The summed E-state index contributed by atoms with van der Waals surface area (Å²) in [6.07, 6.45) is -2.32. The molecule has 6 atom stereocenters. The van der Waals surface area contributed by atoms with Crippen LogP contribution in [0.3, 0.4) is 0 Å². The number of azide groups is 1. The van der Waals surface area contributed by atoms with Gasteiger partial charge in [0, 0.05) is 41.8 Å². The molecule has 26 heteroatoms. The molecule has 3 amide bonds. The van der Waals surface area contributed by atoms with Gasteiger partial charge in [-0.3, -0.25) is 14.2 Å². The molecule has 7 N–H and O–H groups in total. The van der Waals surface area contributed by atoms with E-state index in [4.69, 9.17) is 29.3 Å². The zero-order valence-electron chi connectivity index (χ0n) is 24.1. The van der Waals surface area contributed by atoms with Gasteiger partial charge in [-0.2, -0.15) is 8.62 Å². The number of carbonyl (C=O) groups is 2. The number of rotatable bonds is 19. The van der Waals surface area contributed by atoms with Gasteiger partial charge in [0.05, 0.1) is 12.7 Å². The molecule has 2 heterocycles. The number of phosphoric ester groups is 1. The van der Waals surface area contributed by atoms with Crippen molar-refractivity contribution in [2.24, 2.45) is 5.11 Å². The third-order valence-electron chi connectivity index (χ3n) is 5.63. The summed E-state index contributed by atoms with van der Waals surface area (Å²) in [5.74, 6) is -0.176. The molecular weight excluding hydrogens is 709 g/mol. The van der Waals surface area contributed by atoms with Gasteiger partial charge in [0.1, 0.15) is 18.3 Å². The van der Waals surface area contributed by atoms with Crippen molar-refractivity contribution in [3.63, 3.8) is 0 Å². The molecule has 258 valence electrons. The van der Waals surface area contributed by atoms with E-state index in [9.17, 15) is 38.2 Å². The first-order valence-electron chi connectivity index (χ1n) is 12.8. The lowest BCUT2D eigenvalue weighted by molar-refractivity contribution is -0.121. The van der Waals surface area contributed by atoms with Gasteiger partial charge in [-0.05, 0) is 38.3 Å². The Balaban J connectivity index is 2.00. The van der Waals surface area contributed by atoms with Crippen molar-refractivity contribution < 1.29 is 70.6 Å². The van der Waals surface area contributed by atoms with Crippen LogP contribution in [-0.4, -0.2) is 96.6 Å². The topological polar surface area (TPSA) is 309 Å². The van der Waals surface area contributed by atoms with E-state index in [0.717, 1.165) is 4.90 Å². The van der Waals surface area contributed by atoms with Gasteiger partial charge in [0.25, 0.3) is 0 Å². The predicted molar refractivity (Wildman–Crippen MR) is 158 cm³/mol. The number of nitrogens with zero attached hydrogens (tertiary/aromatic N) is 4. The van der Waals surface area contributed by atoms with Crippen LogP contribution in [0.2, 0.25) is 0 Å². The van der Waals surface area contributed by atoms with Crippen molar-refractivity contribution >= 4 is 57.0 Å². The summed E-state index contributed by atoms with van der Waals surface area (Å²) in [5.41, 5.74) is 8.67. The molecule has 45 heavy (non-hydrogen) atoms. The number of hydrogen-bond acceptors (Lipinski definition) is 14. The minimum atomic E-state index is -5.74. The second-order valence-corrected chi connectivity index (χ2v) is 17.4. The van der Waals surface area contributed by atoms with E-state index in [1.165, 1.54) is 27.8 Å². The molecule has 2 aliphatic rings. The number of hydrogen-bond donors (Lipinski definition) is 7. The monoisotopic (exact) mass is 744 g/mol. The molecule has 0 aliphatic carbocycles. The van der Waals surface area contributed by atoms with Crippen molar-refractivity contribution in [2.45, 2.75) is 69.4 Å². The second kappa shape index (κ2) is 17.3. The molecular formula is C19H35N6O15P3S2. The molecule has 21 nitrogen and oxygen atoms in total. The maximum absolute atomic E-state index is 12.5. The largest absolute Gasteiger partial charge is 0.490 e. The van der Waals surface area contributed by atoms with Crippen LogP contribution in [0, 0.1) is 0 Å². The molecule has 1 saturated heterocycles. The third-order valence-corrected chi connectivity index (χ3v) is 12.4. The number of phosphoric acid groups is 3. The fraction of sp³-hybridized carbons (Fsp3) is 0.789. The van der Waals surface area contributed by atoms with E-state index in [1.54, 1.807) is 6.92 Å². The lowest BCUT2D eigenvalue weighted by Crippen LogP contribution is -2.51. The van der Waals surface area contributed by atoms with Crippen molar-refractivity contribution in [3.05, 3.63) is 22.2 Å². The van der Waals surface area contributed by atoms with Crippen molar-refractivity contribution in [1.29, 1.82) is 0 Å². The Morgan fingerprint density at radius 3 is 2.60 bits per heavy atom. The van der Waals surface area contributed by atoms with E-state index in [1.807, 2.05) is 13.8 Å². The van der Waals surface area contributed by atoms with E-state index in [-0.39, 0.29) is 31.2 Å². The highest BCUT2D eigenvalue weighted by atomic mass is 33.1. The highest BCUT2D eigenvalue weighted by Crippen LogP contribution is 2.66. The van der Waals surface area contributed by atoms with Gasteiger partial charge in [-0.25, -0.2) is 18.5 Å². The van der Waals surface area contributed by atoms with Gasteiger partial charge in [-0.15, -0.1) is 0 Å². The van der Waals surface area contributed by atoms with Crippen molar-refractivity contribution in [1.82, 2.24) is 15.5 Å².